The van der Waals surface area contributed by atoms with Gasteiger partial charge in [-0.15, -0.1) is 0 Å². The molecule has 3 rings (SSSR count). The zero-order valence-electron chi connectivity index (χ0n) is 21.3. The molecule has 202 valence electrons. The second kappa shape index (κ2) is 12.4. The molecule has 2 aromatic rings. The summed E-state index contributed by atoms with van der Waals surface area (Å²) in [4.78, 5) is 29.2. The Labute approximate surface area is 215 Å². The number of carbonyl (C=O) groups excluding carboxylic acids is 2. The summed E-state index contributed by atoms with van der Waals surface area (Å²) in [6, 6.07) is 14.0. The second-order valence-electron chi connectivity index (χ2n) is 9.68. The number of hydrogen-bond donors (Lipinski definition) is 2. The molecule has 37 heavy (non-hydrogen) atoms. The number of hydrogen-bond acceptors (Lipinski definition) is 5. The number of aliphatic hydroxyl groups is 1. The zero-order chi connectivity index (χ0) is 27.2. The highest BCUT2D eigenvalue weighted by Gasteiger charge is 2.34. The average molecular weight is 522 g/mol. The van der Waals surface area contributed by atoms with Crippen LogP contribution < -0.4 is 10.1 Å². The highest BCUT2D eigenvalue weighted by molar-refractivity contribution is 5.99. The number of halogens is 3. The molecule has 0 saturated carbocycles. The highest BCUT2D eigenvalue weighted by Crippen LogP contribution is 2.31. The van der Waals surface area contributed by atoms with Crippen LogP contribution >= 0.6 is 0 Å². The van der Waals surface area contributed by atoms with Crippen molar-refractivity contribution >= 4 is 17.5 Å². The van der Waals surface area contributed by atoms with Gasteiger partial charge in [0.1, 0.15) is 11.9 Å². The number of nitrogens with zero attached hydrogens (tertiary/aromatic N) is 2. The molecule has 1 aliphatic rings. The molecule has 0 unspecified atom stereocenters. The minimum Gasteiger partial charge on any atom is -0.488 e. The van der Waals surface area contributed by atoms with Crippen LogP contribution in [0, 0.1) is 5.92 Å². The number of fused-ring (bicyclic) bond motifs is 1. The van der Waals surface area contributed by atoms with Gasteiger partial charge in [-0.3, -0.25) is 14.5 Å². The number of nitrogens with one attached hydrogen (secondary N) is 1. The van der Waals surface area contributed by atoms with Crippen molar-refractivity contribution in [3.05, 3.63) is 59.7 Å². The maximum atomic E-state index is 13.5. The van der Waals surface area contributed by atoms with E-state index in [2.05, 4.69) is 10.2 Å². The summed E-state index contributed by atoms with van der Waals surface area (Å²) in [5.74, 6) is -0.929. The lowest BCUT2D eigenvalue weighted by Crippen LogP contribution is -2.49. The molecule has 10 heteroatoms. The summed E-state index contributed by atoms with van der Waals surface area (Å²) in [7, 11) is 1.99. The molecule has 0 fully saturated rings. The molecule has 1 heterocycles. The molecule has 7 nitrogen and oxygen atoms in total. The summed E-state index contributed by atoms with van der Waals surface area (Å²) < 4.78 is 43.8. The van der Waals surface area contributed by atoms with E-state index in [4.69, 9.17) is 4.74 Å². The zero-order valence-corrected chi connectivity index (χ0v) is 21.3. The molecule has 0 spiro atoms. The fourth-order valence-corrected chi connectivity index (χ4v) is 4.26. The van der Waals surface area contributed by atoms with E-state index in [9.17, 15) is 27.9 Å². The van der Waals surface area contributed by atoms with Crippen LogP contribution in [0.2, 0.25) is 0 Å². The van der Waals surface area contributed by atoms with Gasteiger partial charge in [0.2, 0.25) is 5.91 Å². The van der Waals surface area contributed by atoms with Crippen molar-refractivity contribution in [2.24, 2.45) is 5.92 Å². The van der Waals surface area contributed by atoms with Gasteiger partial charge < -0.3 is 20.1 Å². The van der Waals surface area contributed by atoms with Crippen LogP contribution in [0.4, 0.5) is 18.9 Å². The maximum absolute atomic E-state index is 13.5. The number of aliphatic hydroxyl groups excluding tert-OH is 1. The first kappa shape index (κ1) is 28.5. The van der Waals surface area contributed by atoms with Crippen LogP contribution in [0.3, 0.4) is 0 Å². The number of amides is 2. The number of anilines is 1. The fourth-order valence-electron chi connectivity index (χ4n) is 4.26. The Morgan fingerprint density at radius 3 is 2.59 bits per heavy atom. The SMILES string of the molecule is C[C@H](CO)N1C[C@H](C)[C@H](CN(C)Cc2ccccc2)Oc2ccc(NC(=O)CCC(F)(F)F)cc2C1=O. The largest absolute Gasteiger partial charge is 0.488 e. The lowest BCUT2D eigenvalue weighted by atomic mass is 9.99. The lowest BCUT2D eigenvalue weighted by molar-refractivity contribution is -0.142. The van der Waals surface area contributed by atoms with Crippen LogP contribution in [0.1, 0.15) is 42.6 Å². The van der Waals surface area contributed by atoms with E-state index < -0.39 is 31.0 Å². The van der Waals surface area contributed by atoms with Crippen molar-refractivity contribution in [1.82, 2.24) is 9.80 Å². The second-order valence-corrected chi connectivity index (χ2v) is 9.68. The third kappa shape index (κ3) is 8.19. The monoisotopic (exact) mass is 521 g/mol. The Morgan fingerprint density at radius 1 is 1.24 bits per heavy atom. The van der Waals surface area contributed by atoms with Gasteiger partial charge in [0.25, 0.3) is 5.91 Å². The molecule has 3 atom stereocenters. The van der Waals surface area contributed by atoms with E-state index in [0.29, 0.717) is 25.4 Å². The lowest BCUT2D eigenvalue weighted by Gasteiger charge is -2.38. The van der Waals surface area contributed by atoms with E-state index in [1.807, 2.05) is 44.3 Å². The highest BCUT2D eigenvalue weighted by atomic mass is 19.4. The molecule has 1 aliphatic heterocycles. The quantitative estimate of drug-likeness (QED) is 0.514. The summed E-state index contributed by atoms with van der Waals surface area (Å²) in [6.45, 7) is 5.12. The number of rotatable bonds is 9. The van der Waals surface area contributed by atoms with E-state index in [-0.39, 0.29) is 35.8 Å². The standard InChI is InChI=1S/C27H34F3N3O4/c1-18-14-33(19(2)17-34)26(36)22-13-21(31-25(35)11-12-27(28,29)30)9-10-23(22)37-24(18)16-32(3)15-20-7-5-4-6-8-20/h4-10,13,18-19,24,34H,11-12,14-17H2,1-3H3,(H,31,35)/t18-,19+,24-/m0/s1. The Kier molecular flexibility index (Phi) is 9.56. The van der Waals surface area contributed by atoms with Gasteiger partial charge in [0.05, 0.1) is 24.6 Å². The number of alkyl halides is 3. The first-order valence-corrected chi connectivity index (χ1v) is 12.3. The minimum atomic E-state index is -4.44. The Hall–Kier alpha value is -3.11. The molecule has 0 aromatic heterocycles. The molecule has 2 amide bonds. The minimum absolute atomic E-state index is 0.0638. The molecule has 2 aromatic carbocycles. The van der Waals surface area contributed by atoms with Gasteiger partial charge in [0, 0.05) is 37.7 Å². The van der Waals surface area contributed by atoms with Gasteiger partial charge >= 0.3 is 6.18 Å². The summed E-state index contributed by atoms with van der Waals surface area (Å²) in [5, 5.41) is 12.2. The average Bonchev–Trinajstić information content (AvgIpc) is 2.85. The van der Waals surface area contributed by atoms with Crippen molar-refractivity contribution < 1.29 is 32.6 Å². The maximum Gasteiger partial charge on any atom is 0.389 e. The number of ether oxygens (including phenoxy) is 1. The van der Waals surface area contributed by atoms with Crippen LogP contribution in [-0.4, -0.2) is 71.8 Å². The summed E-state index contributed by atoms with van der Waals surface area (Å²) in [6.07, 6.45) is -6.68. The summed E-state index contributed by atoms with van der Waals surface area (Å²) >= 11 is 0. The predicted molar refractivity (Wildman–Crippen MR) is 134 cm³/mol. The molecular weight excluding hydrogens is 487 g/mol. The van der Waals surface area contributed by atoms with Crippen molar-refractivity contribution in [3.63, 3.8) is 0 Å². The van der Waals surface area contributed by atoms with Crippen LogP contribution in [0.15, 0.2) is 48.5 Å². The van der Waals surface area contributed by atoms with Crippen molar-refractivity contribution in [3.8, 4) is 5.75 Å². The smallest absolute Gasteiger partial charge is 0.389 e. The molecule has 0 radical (unpaired) electrons. The Balaban J connectivity index is 1.84. The number of carbonyl (C=O) groups is 2. The molecule has 2 N–H and O–H groups in total. The number of likely N-dealkylation sites (N-methyl/N-ethyl adjacent to an activating group) is 1. The van der Waals surface area contributed by atoms with Crippen LogP contribution in [-0.2, 0) is 11.3 Å². The van der Waals surface area contributed by atoms with E-state index in [1.54, 1.807) is 17.9 Å². The number of benzene rings is 2. The van der Waals surface area contributed by atoms with Crippen molar-refractivity contribution in [2.75, 3.05) is 32.1 Å². The van der Waals surface area contributed by atoms with Gasteiger partial charge in [-0.05, 0) is 37.7 Å². The molecule has 0 saturated heterocycles. The first-order chi connectivity index (χ1) is 17.5. The van der Waals surface area contributed by atoms with E-state index >= 15 is 0 Å². The van der Waals surface area contributed by atoms with E-state index in [1.165, 1.54) is 12.1 Å². The van der Waals surface area contributed by atoms with Gasteiger partial charge in [0.15, 0.2) is 0 Å². The predicted octanol–water partition coefficient (Wildman–Crippen LogP) is 4.32. The van der Waals surface area contributed by atoms with Gasteiger partial charge in [-0.1, -0.05) is 37.3 Å². The van der Waals surface area contributed by atoms with Gasteiger partial charge in [-0.2, -0.15) is 13.2 Å². The third-order valence-corrected chi connectivity index (χ3v) is 6.37. The molecule has 0 bridgehead atoms. The first-order valence-electron chi connectivity index (χ1n) is 12.3. The Morgan fingerprint density at radius 2 is 1.95 bits per heavy atom. The van der Waals surface area contributed by atoms with Crippen LogP contribution in [0.5, 0.6) is 5.75 Å². The summed E-state index contributed by atoms with van der Waals surface area (Å²) in [5.41, 5.74) is 1.53. The van der Waals surface area contributed by atoms with E-state index in [0.717, 1.165) is 5.56 Å². The fraction of sp³-hybridized carbons (Fsp3) is 0.481. The van der Waals surface area contributed by atoms with Crippen LogP contribution in [0.25, 0.3) is 0 Å². The normalized spacial score (nSPS) is 19.0. The van der Waals surface area contributed by atoms with Crippen molar-refractivity contribution in [1.29, 1.82) is 0 Å². The molecule has 0 aliphatic carbocycles. The Bertz CT molecular complexity index is 1060. The topological polar surface area (TPSA) is 82.1 Å². The third-order valence-electron chi connectivity index (χ3n) is 6.37. The molecular formula is C27H34F3N3O4. The van der Waals surface area contributed by atoms with Gasteiger partial charge in [-0.25, -0.2) is 0 Å². The van der Waals surface area contributed by atoms with Crippen molar-refractivity contribution in [2.45, 2.75) is 51.6 Å².